The molecule has 1 aromatic heterocycles. The highest BCUT2D eigenvalue weighted by Gasteiger charge is 2.44. The van der Waals surface area contributed by atoms with Gasteiger partial charge in [-0.2, -0.15) is 0 Å². The molecule has 166 valence electrons. The molecular weight excluding hydrogens is 444 g/mol. The number of aromatic nitrogens is 1. The van der Waals surface area contributed by atoms with Crippen molar-refractivity contribution in [3.63, 3.8) is 0 Å². The van der Waals surface area contributed by atoms with Gasteiger partial charge in [0, 0.05) is 10.9 Å². The van der Waals surface area contributed by atoms with Crippen molar-refractivity contribution in [2.24, 2.45) is 0 Å². The number of benzene rings is 2. The van der Waals surface area contributed by atoms with Gasteiger partial charge in [0.1, 0.15) is 11.1 Å². The Morgan fingerprint density at radius 2 is 1.94 bits per heavy atom. The molecule has 1 saturated heterocycles. The third kappa shape index (κ3) is 4.25. The molecule has 1 aliphatic rings. The number of phenols is 1. The van der Waals surface area contributed by atoms with E-state index >= 15 is 0 Å². The van der Waals surface area contributed by atoms with Crippen LogP contribution in [0.5, 0.6) is 5.75 Å². The first kappa shape index (κ1) is 22.4. The first-order valence-electron chi connectivity index (χ1n) is 10.3. The molecule has 0 bridgehead atoms. The summed E-state index contributed by atoms with van der Waals surface area (Å²) in [6, 6.07) is 13.3. The summed E-state index contributed by atoms with van der Waals surface area (Å²) in [5.41, 5.74) is 4.31. The van der Waals surface area contributed by atoms with Gasteiger partial charge in [0.15, 0.2) is 5.13 Å². The van der Waals surface area contributed by atoms with E-state index in [1.54, 1.807) is 11.0 Å². The van der Waals surface area contributed by atoms with Crippen molar-refractivity contribution < 1.29 is 19.8 Å². The molecule has 2 aromatic carbocycles. The predicted octanol–water partition coefficient (Wildman–Crippen LogP) is 5.57. The topological polar surface area (TPSA) is 90.7 Å². The Morgan fingerprint density at radius 3 is 2.59 bits per heavy atom. The number of anilines is 1. The van der Waals surface area contributed by atoms with Crippen molar-refractivity contribution in [2.75, 3.05) is 4.90 Å². The van der Waals surface area contributed by atoms with Crippen LogP contribution in [0.1, 0.15) is 48.3 Å². The number of rotatable bonds is 6. The number of carbonyl (C=O) groups is 2. The lowest BCUT2D eigenvalue weighted by Gasteiger charge is -2.21. The van der Waals surface area contributed by atoms with Crippen molar-refractivity contribution >= 4 is 40.1 Å². The van der Waals surface area contributed by atoms with E-state index in [-0.39, 0.29) is 29.4 Å². The lowest BCUT2D eigenvalue weighted by molar-refractivity contribution is -0.138. The minimum Gasteiger partial charge on any atom is -0.508 e. The number of thioether (sulfide) groups is 1. The first-order valence-corrected chi connectivity index (χ1v) is 12.1. The van der Waals surface area contributed by atoms with Crippen LogP contribution in [0.15, 0.2) is 47.8 Å². The average Bonchev–Trinajstić information content (AvgIpc) is 3.33. The molecular formula is C24H24N2O4S2. The highest BCUT2D eigenvalue weighted by Crippen LogP contribution is 2.48. The van der Waals surface area contributed by atoms with E-state index < -0.39 is 11.2 Å². The van der Waals surface area contributed by atoms with Crippen molar-refractivity contribution in [2.45, 2.75) is 43.7 Å². The van der Waals surface area contributed by atoms with E-state index in [2.05, 4.69) is 0 Å². The lowest BCUT2D eigenvalue weighted by Crippen LogP contribution is -2.31. The number of aromatic hydroxyl groups is 1. The number of nitrogens with zero attached hydrogens (tertiary/aromatic N) is 2. The van der Waals surface area contributed by atoms with Gasteiger partial charge in [-0.1, -0.05) is 44.2 Å². The summed E-state index contributed by atoms with van der Waals surface area (Å²) < 4.78 is 0. The Bertz CT molecular complexity index is 1160. The summed E-state index contributed by atoms with van der Waals surface area (Å²) in [6.45, 7) is 5.96. The number of amides is 1. The zero-order valence-electron chi connectivity index (χ0n) is 18.0. The minimum atomic E-state index is -0.995. The number of aliphatic carboxylic acids is 1. The molecule has 2 N–H and O–H groups in total. The van der Waals surface area contributed by atoms with E-state index in [4.69, 9.17) is 4.98 Å². The maximum Gasteiger partial charge on any atom is 0.305 e. The molecule has 0 aliphatic carbocycles. The number of hydrogen-bond donors (Lipinski definition) is 2. The fourth-order valence-electron chi connectivity index (χ4n) is 3.83. The molecule has 0 radical (unpaired) electrons. The molecule has 8 heteroatoms. The van der Waals surface area contributed by atoms with Crippen LogP contribution in [0.4, 0.5) is 5.13 Å². The highest BCUT2D eigenvalue weighted by atomic mass is 32.2. The number of hydrogen-bond acceptors (Lipinski definition) is 6. The van der Waals surface area contributed by atoms with E-state index in [9.17, 15) is 19.8 Å². The predicted molar refractivity (Wildman–Crippen MR) is 128 cm³/mol. The SMILES string of the molecule is Cc1cc(O)c(C(C)C)cc1-c1csc(N2C(=O)C(CC(=O)O)SC2c2ccccc2)n1. The van der Waals surface area contributed by atoms with Crippen LogP contribution in [-0.4, -0.2) is 32.3 Å². The number of thiazole rings is 1. The first-order chi connectivity index (χ1) is 15.3. The summed E-state index contributed by atoms with van der Waals surface area (Å²) in [5, 5.41) is 21.0. The standard InChI is InChI=1S/C24H24N2O4S2/c1-13(2)16-10-17(14(3)9-19(16)27)18-12-31-24(25-18)26-22(30)20(11-21(28)29)32-23(26)15-7-5-4-6-8-15/h4-10,12-13,20,23,27H,11H2,1-3H3,(H,28,29). The molecule has 2 atom stereocenters. The molecule has 4 rings (SSSR count). The molecule has 1 fully saturated rings. The number of carboxylic acids is 1. The molecule has 1 amide bonds. The largest absolute Gasteiger partial charge is 0.508 e. The van der Waals surface area contributed by atoms with Crippen molar-refractivity contribution in [3.05, 3.63) is 64.5 Å². The van der Waals surface area contributed by atoms with Crippen molar-refractivity contribution in [3.8, 4) is 17.0 Å². The second-order valence-electron chi connectivity index (χ2n) is 8.09. The van der Waals surface area contributed by atoms with Crippen LogP contribution in [0.25, 0.3) is 11.3 Å². The zero-order chi connectivity index (χ0) is 23.0. The Balaban J connectivity index is 1.74. The Kier molecular flexibility index (Phi) is 6.26. The van der Waals surface area contributed by atoms with Gasteiger partial charge in [-0.3, -0.25) is 14.5 Å². The summed E-state index contributed by atoms with van der Waals surface area (Å²) in [4.78, 5) is 30.9. The van der Waals surface area contributed by atoms with Gasteiger partial charge in [-0.15, -0.1) is 23.1 Å². The van der Waals surface area contributed by atoms with E-state index in [0.717, 1.165) is 27.9 Å². The molecule has 6 nitrogen and oxygen atoms in total. The van der Waals surface area contributed by atoms with Gasteiger partial charge in [0.2, 0.25) is 5.91 Å². The van der Waals surface area contributed by atoms with Crippen LogP contribution < -0.4 is 4.90 Å². The normalized spacial score (nSPS) is 18.5. The van der Waals surface area contributed by atoms with Crippen molar-refractivity contribution in [1.29, 1.82) is 0 Å². The molecule has 3 aromatic rings. The van der Waals surface area contributed by atoms with Crippen LogP contribution in [0.2, 0.25) is 0 Å². The van der Waals surface area contributed by atoms with Gasteiger partial charge < -0.3 is 10.2 Å². The Morgan fingerprint density at radius 1 is 1.22 bits per heavy atom. The summed E-state index contributed by atoms with van der Waals surface area (Å²) >= 11 is 2.71. The summed E-state index contributed by atoms with van der Waals surface area (Å²) in [7, 11) is 0. The van der Waals surface area contributed by atoms with Crippen LogP contribution >= 0.6 is 23.1 Å². The Labute approximate surface area is 194 Å². The minimum absolute atomic E-state index is 0.156. The van der Waals surface area contributed by atoms with Crippen molar-refractivity contribution in [1.82, 2.24) is 4.98 Å². The molecule has 2 unspecified atom stereocenters. The third-order valence-corrected chi connectivity index (χ3v) is 7.73. The van der Waals surface area contributed by atoms with Gasteiger partial charge in [-0.25, -0.2) is 4.98 Å². The number of phenolic OH excluding ortho intramolecular Hbond substituents is 1. The maximum absolute atomic E-state index is 13.2. The third-order valence-electron chi connectivity index (χ3n) is 5.46. The molecule has 1 aliphatic heterocycles. The quantitative estimate of drug-likeness (QED) is 0.492. The number of carbonyl (C=O) groups excluding carboxylic acids is 1. The van der Waals surface area contributed by atoms with Crippen LogP contribution in [-0.2, 0) is 9.59 Å². The average molecular weight is 469 g/mol. The molecule has 0 spiro atoms. The fourth-order valence-corrected chi connectivity index (χ4v) is 6.17. The van der Waals surface area contributed by atoms with Gasteiger partial charge in [0.25, 0.3) is 0 Å². The number of carboxylic acid groups (broad SMARTS) is 1. The van der Waals surface area contributed by atoms with Gasteiger partial charge >= 0.3 is 5.97 Å². The van der Waals surface area contributed by atoms with Crippen LogP contribution in [0, 0.1) is 6.92 Å². The van der Waals surface area contributed by atoms with Gasteiger partial charge in [-0.05, 0) is 41.7 Å². The second-order valence-corrected chi connectivity index (χ2v) is 10.2. The summed E-state index contributed by atoms with van der Waals surface area (Å²) in [6.07, 6.45) is -0.226. The van der Waals surface area contributed by atoms with Gasteiger partial charge in [0.05, 0.1) is 17.4 Å². The van der Waals surface area contributed by atoms with E-state index in [0.29, 0.717) is 5.13 Å². The second kappa shape index (κ2) is 8.96. The molecule has 0 saturated carbocycles. The summed E-state index contributed by atoms with van der Waals surface area (Å²) in [5.74, 6) is -0.811. The lowest BCUT2D eigenvalue weighted by atomic mass is 9.95. The van der Waals surface area contributed by atoms with Crippen LogP contribution in [0.3, 0.4) is 0 Å². The molecule has 32 heavy (non-hydrogen) atoms. The number of aryl methyl sites for hydroxylation is 1. The maximum atomic E-state index is 13.2. The monoisotopic (exact) mass is 468 g/mol. The Hall–Kier alpha value is -2.84. The molecule has 2 heterocycles. The van der Waals surface area contributed by atoms with E-state index in [1.165, 1.54) is 23.1 Å². The smallest absolute Gasteiger partial charge is 0.305 e. The fraction of sp³-hybridized carbons (Fsp3) is 0.292. The van der Waals surface area contributed by atoms with E-state index in [1.807, 2.05) is 62.5 Å². The zero-order valence-corrected chi connectivity index (χ0v) is 19.6. The highest BCUT2D eigenvalue weighted by molar-refractivity contribution is 8.01.